The van der Waals surface area contributed by atoms with Crippen LogP contribution >= 0.6 is 0 Å². The quantitative estimate of drug-likeness (QED) is 0.712. The van der Waals surface area contributed by atoms with Gasteiger partial charge in [-0.3, -0.25) is 14.8 Å². The Morgan fingerprint density at radius 3 is 2.81 bits per heavy atom. The van der Waals surface area contributed by atoms with Crippen LogP contribution < -0.4 is 0 Å². The molecule has 1 aromatic carbocycles. The standard InChI is InChI=1S/C22H24N4O/c1-16-12-25-21(15-24-16)22(27)26-9-4-5-17(8-10-26)11-19-14-23-13-18-6-2-3-7-20(18)19/h2-3,6-7,12-15,17H,4-5,8-11H2,1H3/t17-/m1/s1. The van der Waals surface area contributed by atoms with Crippen molar-refractivity contribution in [2.24, 2.45) is 5.92 Å². The number of likely N-dealkylation sites (tertiary alicyclic amines) is 1. The second kappa shape index (κ2) is 7.82. The second-order valence-electron chi connectivity index (χ2n) is 7.36. The van der Waals surface area contributed by atoms with Crippen LogP contribution in [-0.2, 0) is 6.42 Å². The van der Waals surface area contributed by atoms with E-state index < -0.39 is 0 Å². The van der Waals surface area contributed by atoms with Crippen molar-refractivity contribution in [1.29, 1.82) is 0 Å². The molecule has 1 aliphatic rings. The molecule has 3 aromatic rings. The minimum Gasteiger partial charge on any atom is -0.337 e. The minimum atomic E-state index is -0.00465. The summed E-state index contributed by atoms with van der Waals surface area (Å²) in [6.45, 7) is 3.44. The van der Waals surface area contributed by atoms with Crippen molar-refractivity contribution in [3.05, 3.63) is 66.0 Å². The highest BCUT2D eigenvalue weighted by atomic mass is 16.2. The molecule has 0 spiro atoms. The van der Waals surface area contributed by atoms with Gasteiger partial charge in [-0.25, -0.2) is 4.98 Å². The zero-order valence-corrected chi connectivity index (χ0v) is 15.6. The number of fused-ring (bicyclic) bond motifs is 1. The third kappa shape index (κ3) is 3.97. The Morgan fingerprint density at radius 2 is 1.96 bits per heavy atom. The number of aromatic nitrogens is 3. The molecule has 0 bridgehead atoms. The van der Waals surface area contributed by atoms with Gasteiger partial charge >= 0.3 is 0 Å². The van der Waals surface area contributed by atoms with Gasteiger partial charge in [-0.2, -0.15) is 0 Å². The maximum Gasteiger partial charge on any atom is 0.274 e. The van der Waals surface area contributed by atoms with Crippen LogP contribution in [0, 0.1) is 12.8 Å². The van der Waals surface area contributed by atoms with Gasteiger partial charge in [0.05, 0.1) is 11.9 Å². The number of hydrogen-bond donors (Lipinski definition) is 0. The van der Waals surface area contributed by atoms with Crippen LogP contribution in [0.1, 0.15) is 41.0 Å². The summed E-state index contributed by atoms with van der Waals surface area (Å²) in [6.07, 6.45) is 11.3. The molecule has 1 aliphatic heterocycles. The lowest BCUT2D eigenvalue weighted by molar-refractivity contribution is 0.0753. The fraction of sp³-hybridized carbons (Fsp3) is 0.364. The van der Waals surface area contributed by atoms with E-state index >= 15 is 0 Å². The molecule has 0 N–H and O–H groups in total. The molecule has 4 rings (SSSR count). The zero-order chi connectivity index (χ0) is 18.6. The Bertz CT molecular complexity index is 933. The second-order valence-corrected chi connectivity index (χ2v) is 7.36. The van der Waals surface area contributed by atoms with Gasteiger partial charge in [-0.15, -0.1) is 0 Å². The van der Waals surface area contributed by atoms with Gasteiger partial charge in [-0.05, 0) is 49.5 Å². The Kier molecular flexibility index (Phi) is 5.10. The number of carbonyl (C=O) groups is 1. The first-order valence-corrected chi connectivity index (χ1v) is 9.60. The van der Waals surface area contributed by atoms with Gasteiger partial charge in [0.1, 0.15) is 5.69 Å². The summed E-state index contributed by atoms with van der Waals surface area (Å²) in [5.41, 5.74) is 2.57. The van der Waals surface area contributed by atoms with Crippen molar-refractivity contribution in [2.45, 2.75) is 32.6 Å². The summed E-state index contributed by atoms with van der Waals surface area (Å²) < 4.78 is 0. The van der Waals surface area contributed by atoms with Crippen molar-refractivity contribution in [2.75, 3.05) is 13.1 Å². The van der Waals surface area contributed by atoms with Crippen LogP contribution in [0.15, 0.2) is 49.1 Å². The third-order valence-corrected chi connectivity index (χ3v) is 5.39. The van der Waals surface area contributed by atoms with Gasteiger partial charge in [0.15, 0.2) is 0 Å². The number of benzene rings is 1. The molecule has 27 heavy (non-hydrogen) atoms. The smallest absolute Gasteiger partial charge is 0.274 e. The Morgan fingerprint density at radius 1 is 1.07 bits per heavy atom. The van der Waals surface area contributed by atoms with Gasteiger partial charge in [0, 0.05) is 37.1 Å². The van der Waals surface area contributed by atoms with Gasteiger partial charge in [0.25, 0.3) is 5.91 Å². The summed E-state index contributed by atoms with van der Waals surface area (Å²) in [5, 5.41) is 2.48. The third-order valence-electron chi connectivity index (χ3n) is 5.39. The zero-order valence-electron chi connectivity index (χ0n) is 15.6. The van der Waals surface area contributed by atoms with Crippen molar-refractivity contribution < 1.29 is 4.79 Å². The lowest BCUT2D eigenvalue weighted by Crippen LogP contribution is -2.32. The van der Waals surface area contributed by atoms with Crippen molar-refractivity contribution in [1.82, 2.24) is 19.9 Å². The molecule has 3 heterocycles. The Balaban J connectivity index is 1.44. The first-order valence-electron chi connectivity index (χ1n) is 9.60. The molecule has 0 radical (unpaired) electrons. The molecule has 0 saturated carbocycles. The van der Waals surface area contributed by atoms with E-state index in [1.165, 1.54) is 16.3 Å². The maximum atomic E-state index is 12.7. The van der Waals surface area contributed by atoms with Crippen LogP contribution in [0.2, 0.25) is 0 Å². The lowest BCUT2D eigenvalue weighted by Gasteiger charge is -2.20. The van der Waals surface area contributed by atoms with Crippen molar-refractivity contribution in [3.63, 3.8) is 0 Å². The van der Waals surface area contributed by atoms with Crippen LogP contribution in [0.5, 0.6) is 0 Å². The monoisotopic (exact) mass is 360 g/mol. The highest BCUT2D eigenvalue weighted by Gasteiger charge is 2.23. The molecule has 1 saturated heterocycles. The average molecular weight is 360 g/mol. The number of amides is 1. The molecule has 0 aliphatic carbocycles. The first-order chi connectivity index (χ1) is 13.2. The summed E-state index contributed by atoms with van der Waals surface area (Å²) in [7, 11) is 0. The molecule has 5 nitrogen and oxygen atoms in total. The summed E-state index contributed by atoms with van der Waals surface area (Å²) in [6, 6.07) is 8.43. The molecule has 1 amide bonds. The maximum absolute atomic E-state index is 12.7. The average Bonchev–Trinajstić information content (AvgIpc) is 2.94. The predicted octanol–water partition coefficient (Wildman–Crippen LogP) is 3.82. The van der Waals surface area contributed by atoms with Gasteiger partial charge in [0.2, 0.25) is 0 Å². The highest BCUT2D eigenvalue weighted by molar-refractivity contribution is 5.92. The Labute approximate surface area is 159 Å². The molecule has 2 aromatic heterocycles. The first kappa shape index (κ1) is 17.6. The van der Waals surface area contributed by atoms with E-state index in [4.69, 9.17) is 0 Å². The Hall–Kier alpha value is -2.82. The SMILES string of the molecule is Cc1cnc(C(=O)N2CCC[C@@H](Cc3cncc4ccccc34)CC2)cn1. The summed E-state index contributed by atoms with van der Waals surface area (Å²) >= 11 is 0. The van der Waals surface area contributed by atoms with E-state index in [-0.39, 0.29) is 5.91 Å². The molecule has 0 unspecified atom stereocenters. The van der Waals surface area contributed by atoms with E-state index in [0.29, 0.717) is 11.6 Å². The van der Waals surface area contributed by atoms with E-state index in [2.05, 4.69) is 39.2 Å². The van der Waals surface area contributed by atoms with E-state index in [1.54, 1.807) is 12.4 Å². The lowest BCUT2D eigenvalue weighted by atomic mass is 9.91. The van der Waals surface area contributed by atoms with Crippen LogP contribution in [-0.4, -0.2) is 38.8 Å². The number of pyridine rings is 1. The molecular formula is C22H24N4O. The predicted molar refractivity (Wildman–Crippen MR) is 105 cm³/mol. The number of rotatable bonds is 3. The fourth-order valence-corrected chi connectivity index (χ4v) is 3.89. The minimum absolute atomic E-state index is 0.00465. The van der Waals surface area contributed by atoms with Crippen LogP contribution in [0.3, 0.4) is 0 Å². The van der Waals surface area contributed by atoms with Crippen LogP contribution in [0.4, 0.5) is 0 Å². The number of aryl methyl sites for hydroxylation is 1. The molecular weight excluding hydrogens is 336 g/mol. The number of nitrogens with zero attached hydrogens (tertiary/aromatic N) is 4. The number of carbonyl (C=O) groups excluding carboxylic acids is 1. The summed E-state index contributed by atoms with van der Waals surface area (Å²) in [5.74, 6) is 0.564. The van der Waals surface area contributed by atoms with Crippen LogP contribution in [0.25, 0.3) is 10.8 Å². The van der Waals surface area contributed by atoms with E-state index in [0.717, 1.165) is 44.5 Å². The van der Waals surface area contributed by atoms with Gasteiger partial charge < -0.3 is 4.90 Å². The van der Waals surface area contributed by atoms with Crippen molar-refractivity contribution >= 4 is 16.7 Å². The summed E-state index contributed by atoms with van der Waals surface area (Å²) in [4.78, 5) is 27.5. The van der Waals surface area contributed by atoms with Gasteiger partial charge in [-0.1, -0.05) is 24.3 Å². The van der Waals surface area contributed by atoms with Crippen molar-refractivity contribution in [3.8, 4) is 0 Å². The largest absolute Gasteiger partial charge is 0.337 e. The van der Waals surface area contributed by atoms with E-state index in [9.17, 15) is 4.79 Å². The molecule has 1 fully saturated rings. The normalized spacial score (nSPS) is 17.7. The molecule has 138 valence electrons. The highest BCUT2D eigenvalue weighted by Crippen LogP contribution is 2.26. The molecule has 1 atom stereocenters. The molecule has 5 heteroatoms. The van der Waals surface area contributed by atoms with E-state index in [1.807, 2.05) is 24.2 Å². The fourth-order valence-electron chi connectivity index (χ4n) is 3.89. The number of hydrogen-bond acceptors (Lipinski definition) is 4. The topological polar surface area (TPSA) is 59.0 Å².